The number of carbonyl (C=O) groups excluding carboxylic acids is 2. The third kappa shape index (κ3) is 8.33. The second-order valence-electron chi connectivity index (χ2n) is 14.9. The van der Waals surface area contributed by atoms with Crippen molar-refractivity contribution in [3.63, 3.8) is 0 Å². The van der Waals surface area contributed by atoms with Gasteiger partial charge in [0.05, 0.1) is 17.3 Å². The Balaban J connectivity index is 0.860. The van der Waals surface area contributed by atoms with E-state index in [2.05, 4.69) is 66.0 Å². The summed E-state index contributed by atoms with van der Waals surface area (Å²) in [5.41, 5.74) is 18.2. The third-order valence-electron chi connectivity index (χ3n) is 11.4. The Bertz CT molecular complexity index is 2020. The summed E-state index contributed by atoms with van der Waals surface area (Å²) in [6.07, 6.45) is 7.18. The monoisotopic (exact) mass is 734 g/mol. The van der Waals surface area contributed by atoms with Gasteiger partial charge >= 0.3 is 0 Å². The summed E-state index contributed by atoms with van der Waals surface area (Å²) < 4.78 is 2.23. The van der Waals surface area contributed by atoms with Gasteiger partial charge in [-0.2, -0.15) is 0 Å². The highest BCUT2D eigenvalue weighted by Crippen LogP contribution is 2.33. The maximum Gasteiger partial charge on any atom is 0.226 e. The molecule has 2 saturated heterocycles. The number of nitrogens with two attached hydrogens (primary N) is 2. The van der Waals surface area contributed by atoms with E-state index in [-0.39, 0.29) is 24.1 Å². The summed E-state index contributed by atoms with van der Waals surface area (Å²) in [7, 11) is 0. The lowest BCUT2D eigenvalue weighted by molar-refractivity contribution is -0.125. The number of aryl methyl sites for hydroxylation is 1. The number of fused-ring (bicyclic) bond motifs is 4. The number of amides is 2. The predicted molar refractivity (Wildman–Crippen MR) is 213 cm³/mol. The van der Waals surface area contributed by atoms with Crippen molar-refractivity contribution < 1.29 is 14.7 Å². The molecule has 286 valence electrons. The molecule has 0 saturated carbocycles. The molecule has 13 heteroatoms. The number of phenols is 1. The first-order valence-electron chi connectivity index (χ1n) is 19.3. The largest absolute Gasteiger partial charge is 0.507 e. The van der Waals surface area contributed by atoms with Gasteiger partial charge in [0.15, 0.2) is 0 Å². The van der Waals surface area contributed by atoms with Crippen molar-refractivity contribution in [3.05, 3.63) is 89.5 Å². The summed E-state index contributed by atoms with van der Waals surface area (Å²) in [5.74, 6) is 0.528. The van der Waals surface area contributed by atoms with Crippen LogP contribution in [0.4, 0.5) is 0 Å². The van der Waals surface area contributed by atoms with Crippen LogP contribution in [0, 0.1) is 0 Å². The Morgan fingerprint density at radius 2 is 1.76 bits per heavy atom. The van der Waals surface area contributed by atoms with Gasteiger partial charge in [-0.3, -0.25) is 24.7 Å². The quantitative estimate of drug-likeness (QED) is 0.121. The molecule has 13 nitrogen and oxygen atoms in total. The molecular weight excluding hydrogens is 681 g/mol. The number of para-hydroxylation sites is 1. The standard InChI is InChI=1S/C41H54N10O3/c1-29(10-13-39(54)46-28-52)51-36-12-11-30(24-34(36)32-8-4-14-44-41(32)51)6-5-15-47-16-18-48(19-17-47)20-21-49-22-23-50-31(27-49)26-45-40(43)37(50)25-35(42)33-7-2-3-9-38(33)53/h2-4,7-9,11-12,14,24-25,28-29,31,45,53H,5-6,10,13,15-23,26-27,42-43H2,1H3,(H,46,52,54)/b35-25-. The van der Waals surface area contributed by atoms with Crippen LogP contribution in [-0.4, -0.2) is 125 Å². The number of allylic oxidation sites excluding steroid dienone is 1. The zero-order chi connectivity index (χ0) is 37.6. The van der Waals surface area contributed by atoms with E-state index in [1.165, 1.54) is 10.9 Å². The topological polar surface area (TPSA) is 161 Å². The van der Waals surface area contributed by atoms with Crippen LogP contribution >= 0.6 is 0 Å². The Morgan fingerprint density at radius 3 is 2.56 bits per heavy atom. The van der Waals surface area contributed by atoms with Crippen molar-refractivity contribution in [1.82, 2.24) is 39.8 Å². The summed E-state index contributed by atoms with van der Waals surface area (Å²) >= 11 is 0. The number of piperazine rings is 2. The second kappa shape index (κ2) is 16.9. The number of hydrogen-bond donors (Lipinski definition) is 5. The van der Waals surface area contributed by atoms with Crippen molar-refractivity contribution >= 4 is 40.0 Å². The number of imide groups is 1. The SMILES string of the molecule is CC(CCC(=O)NC=O)n1c2ccc(CCCN3CCN(CCN4CCN5C(/C=C(\N)c6ccccc6O)=C(N)NCC5C4)CC3)cc2c2cccnc21. The number of pyridine rings is 1. The maximum atomic E-state index is 11.9. The minimum absolute atomic E-state index is 0.0533. The number of nitrogens with one attached hydrogen (secondary N) is 2. The Labute approximate surface area is 317 Å². The number of carbonyl (C=O) groups is 2. The fourth-order valence-electron chi connectivity index (χ4n) is 8.35. The van der Waals surface area contributed by atoms with Crippen molar-refractivity contribution in [3.8, 4) is 5.75 Å². The van der Waals surface area contributed by atoms with Crippen molar-refractivity contribution in [1.29, 1.82) is 0 Å². The smallest absolute Gasteiger partial charge is 0.226 e. The average molecular weight is 735 g/mol. The fraction of sp³-hybridized carbons (Fsp3) is 0.439. The van der Waals surface area contributed by atoms with Crippen LogP contribution in [0.5, 0.6) is 5.75 Å². The lowest BCUT2D eigenvalue weighted by Crippen LogP contribution is -2.60. The molecule has 0 radical (unpaired) electrons. The number of phenolic OH excluding ortho intramolecular Hbond substituents is 1. The molecule has 2 atom stereocenters. The second-order valence-corrected chi connectivity index (χ2v) is 14.9. The summed E-state index contributed by atoms with van der Waals surface area (Å²) in [4.78, 5) is 37.4. The summed E-state index contributed by atoms with van der Waals surface area (Å²) in [6.45, 7) is 13.3. The molecule has 0 bridgehead atoms. The molecule has 0 aliphatic carbocycles. The lowest BCUT2D eigenvalue weighted by atomic mass is 10.0. The van der Waals surface area contributed by atoms with E-state index in [1.54, 1.807) is 12.1 Å². The minimum atomic E-state index is -0.261. The number of nitrogens with zero attached hydrogens (tertiary/aromatic N) is 6. The van der Waals surface area contributed by atoms with Gasteiger partial charge in [0, 0.05) is 106 Å². The highest BCUT2D eigenvalue weighted by Gasteiger charge is 2.32. The van der Waals surface area contributed by atoms with Gasteiger partial charge in [-0.25, -0.2) is 4.98 Å². The number of hydrogen-bond acceptors (Lipinski definition) is 11. The molecule has 5 heterocycles. The minimum Gasteiger partial charge on any atom is -0.507 e. The van der Waals surface area contributed by atoms with Crippen molar-refractivity contribution in [2.24, 2.45) is 11.5 Å². The molecule has 7 rings (SSSR count). The molecular formula is C41H54N10O3. The molecule has 4 aromatic rings. The molecule has 54 heavy (non-hydrogen) atoms. The van der Waals surface area contributed by atoms with Gasteiger partial charge in [-0.1, -0.05) is 18.2 Å². The van der Waals surface area contributed by atoms with E-state index < -0.39 is 0 Å². The Hall–Kier alpha value is -5.11. The van der Waals surface area contributed by atoms with E-state index >= 15 is 0 Å². The van der Waals surface area contributed by atoms with E-state index in [0.717, 1.165) is 107 Å². The van der Waals surface area contributed by atoms with Crippen LogP contribution in [0.2, 0.25) is 0 Å². The highest BCUT2D eigenvalue weighted by molar-refractivity contribution is 6.07. The molecule has 2 amide bonds. The number of benzene rings is 2. The van der Waals surface area contributed by atoms with E-state index in [0.29, 0.717) is 36.0 Å². The molecule has 0 spiro atoms. The number of aromatic hydroxyl groups is 1. The molecule has 3 aliphatic heterocycles. The van der Waals surface area contributed by atoms with E-state index in [1.807, 2.05) is 30.5 Å². The van der Waals surface area contributed by atoms with Crippen LogP contribution in [-0.2, 0) is 16.0 Å². The van der Waals surface area contributed by atoms with Crippen molar-refractivity contribution in [2.75, 3.05) is 72.0 Å². The normalized spacial score (nSPS) is 19.5. The van der Waals surface area contributed by atoms with Gasteiger partial charge in [0.2, 0.25) is 12.3 Å². The van der Waals surface area contributed by atoms with Gasteiger partial charge in [-0.05, 0) is 80.8 Å². The van der Waals surface area contributed by atoms with Crippen LogP contribution in [0.1, 0.15) is 43.4 Å². The van der Waals surface area contributed by atoms with Crippen LogP contribution in [0.3, 0.4) is 0 Å². The molecule has 7 N–H and O–H groups in total. The molecule has 2 aromatic heterocycles. The van der Waals surface area contributed by atoms with Gasteiger partial charge in [-0.15, -0.1) is 0 Å². The third-order valence-corrected chi connectivity index (χ3v) is 11.4. The summed E-state index contributed by atoms with van der Waals surface area (Å²) in [5, 5.41) is 18.2. The molecule has 3 aliphatic rings. The van der Waals surface area contributed by atoms with Gasteiger partial charge < -0.3 is 36.3 Å². The zero-order valence-corrected chi connectivity index (χ0v) is 31.3. The first-order chi connectivity index (χ1) is 26.3. The Morgan fingerprint density at radius 1 is 1.00 bits per heavy atom. The van der Waals surface area contributed by atoms with Gasteiger partial charge in [0.1, 0.15) is 17.2 Å². The van der Waals surface area contributed by atoms with Crippen LogP contribution in [0.25, 0.3) is 27.6 Å². The first-order valence-corrected chi connectivity index (χ1v) is 19.3. The highest BCUT2D eigenvalue weighted by atomic mass is 16.3. The van der Waals surface area contributed by atoms with E-state index in [4.69, 9.17) is 16.5 Å². The predicted octanol–water partition coefficient (Wildman–Crippen LogP) is 2.78. The number of rotatable bonds is 14. The van der Waals surface area contributed by atoms with Gasteiger partial charge in [0.25, 0.3) is 0 Å². The lowest BCUT2D eigenvalue weighted by Gasteiger charge is -2.46. The zero-order valence-electron chi connectivity index (χ0n) is 31.3. The molecule has 2 unspecified atom stereocenters. The first kappa shape index (κ1) is 37.2. The van der Waals surface area contributed by atoms with Crippen LogP contribution < -0.4 is 22.1 Å². The summed E-state index contributed by atoms with van der Waals surface area (Å²) in [6, 6.07) is 18.3. The van der Waals surface area contributed by atoms with E-state index in [9.17, 15) is 14.7 Å². The molecule has 2 fully saturated rings. The Kier molecular flexibility index (Phi) is 11.7. The average Bonchev–Trinajstić information content (AvgIpc) is 3.51. The van der Waals surface area contributed by atoms with Crippen LogP contribution in [0.15, 0.2) is 78.4 Å². The number of aromatic nitrogens is 2. The molecule has 2 aromatic carbocycles. The van der Waals surface area contributed by atoms with Crippen molar-refractivity contribution in [2.45, 2.75) is 44.7 Å². The fourth-order valence-corrected chi connectivity index (χ4v) is 8.35. The maximum absolute atomic E-state index is 11.9.